The molecule has 0 aliphatic carbocycles. The highest BCUT2D eigenvalue weighted by Gasteiger charge is 2.24. The zero-order valence-corrected chi connectivity index (χ0v) is 15.0. The summed E-state index contributed by atoms with van der Waals surface area (Å²) in [6.45, 7) is 1.50. The first-order valence-electron chi connectivity index (χ1n) is 8.94. The number of rotatable bonds is 4. The van der Waals surface area contributed by atoms with Gasteiger partial charge in [0.1, 0.15) is 5.82 Å². The second-order valence-corrected chi connectivity index (χ2v) is 6.80. The van der Waals surface area contributed by atoms with E-state index in [0.29, 0.717) is 17.8 Å². The predicted octanol–water partition coefficient (Wildman–Crippen LogP) is 2.35. The third kappa shape index (κ3) is 3.69. The van der Waals surface area contributed by atoms with Crippen LogP contribution < -0.4 is 10.2 Å². The minimum atomic E-state index is -0.252. The van der Waals surface area contributed by atoms with Crippen molar-refractivity contribution in [3.8, 4) is 11.3 Å². The van der Waals surface area contributed by atoms with Crippen LogP contribution >= 0.6 is 0 Å². The first kappa shape index (κ1) is 17.3. The van der Waals surface area contributed by atoms with Crippen molar-refractivity contribution < 1.29 is 9.18 Å². The zero-order valence-electron chi connectivity index (χ0n) is 15.0. The molecule has 7 nitrogen and oxygen atoms in total. The Morgan fingerprint density at radius 2 is 2.26 bits per heavy atom. The minimum Gasteiger partial charge on any atom is -0.369 e. The smallest absolute Gasteiger partial charge is 0.255 e. The molecule has 1 amide bonds. The van der Waals surface area contributed by atoms with Gasteiger partial charge >= 0.3 is 0 Å². The summed E-state index contributed by atoms with van der Waals surface area (Å²) in [4.78, 5) is 14.9. The number of carbonyl (C=O) groups excluding carboxylic acids is 1. The van der Waals surface area contributed by atoms with Crippen molar-refractivity contribution in [2.24, 2.45) is 7.05 Å². The van der Waals surface area contributed by atoms with Crippen LogP contribution in [0.4, 0.5) is 10.1 Å². The maximum Gasteiger partial charge on any atom is 0.255 e. The Labute approximate surface area is 156 Å². The molecule has 1 atom stereocenters. The van der Waals surface area contributed by atoms with Crippen LogP contribution in [0.1, 0.15) is 23.2 Å². The van der Waals surface area contributed by atoms with Crippen molar-refractivity contribution >= 4 is 11.6 Å². The van der Waals surface area contributed by atoms with Gasteiger partial charge in [-0.05, 0) is 31.0 Å². The van der Waals surface area contributed by atoms with Gasteiger partial charge in [0.25, 0.3) is 5.91 Å². The molecule has 2 N–H and O–H groups in total. The molecule has 140 valence electrons. The van der Waals surface area contributed by atoms with Gasteiger partial charge in [0.2, 0.25) is 0 Å². The summed E-state index contributed by atoms with van der Waals surface area (Å²) < 4.78 is 15.2. The van der Waals surface area contributed by atoms with Crippen LogP contribution in [0.5, 0.6) is 0 Å². The summed E-state index contributed by atoms with van der Waals surface area (Å²) in [5.74, 6) is -0.424. The van der Waals surface area contributed by atoms with E-state index in [1.807, 2.05) is 19.3 Å². The molecular formula is C19H21FN6O. The molecular weight excluding hydrogens is 347 g/mol. The van der Waals surface area contributed by atoms with E-state index < -0.39 is 0 Å². The molecule has 1 aliphatic heterocycles. The molecule has 2 aromatic heterocycles. The lowest BCUT2D eigenvalue weighted by molar-refractivity contribution is 0.0934. The third-order valence-electron chi connectivity index (χ3n) is 4.81. The number of aromatic nitrogens is 4. The first-order valence-corrected chi connectivity index (χ1v) is 8.94. The molecule has 1 aliphatic rings. The summed E-state index contributed by atoms with van der Waals surface area (Å²) in [6.07, 6.45) is 6.87. The molecule has 1 aromatic carbocycles. The number of nitrogens with one attached hydrogen (secondary N) is 2. The average molecular weight is 368 g/mol. The number of hydrogen-bond acceptors (Lipinski definition) is 4. The lowest BCUT2D eigenvalue weighted by atomic mass is 10.0. The second-order valence-electron chi connectivity index (χ2n) is 6.80. The molecule has 0 bridgehead atoms. The number of amides is 1. The predicted molar refractivity (Wildman–Crippen MR) is 99.9 cm³/mol. The number of piperidine rings is 1. The Morgan fingerprint density at radius 3 is 3.04 bits per heavy atom. The topological polar surface area (TPSA) is 78.8 Å². The molecule has 3 aromatic rings. The van der Waals surface area contributed by atoms with E-state index in [2.05, 4.69) is 25.5 Å². The van der Waals surface area contributed by atoms with E-state index in [1.54, 1.807) is 16.9 Å². The monoisotopic (exact) mass is 368 g/mol. The highest BCUT2D eigenvalue weighted by atomic mass is 19.1. The summed E-state index contributed by atoms with van der Waals surface area (Å²) in [5, 5.41) is 14.1. The Morgan fingerprint density at radius 1 is 1.37 bits per heavy atom. The van der Waals surface area contributed by atoms with Gasteiger partial charge in [-0.25, -0.2) is 4.39 Å². The standard InChI is InChI=1S/C19H21FN6O/c1-25-11-13(9-22-25)18-17(10-21-24-18)19(27)23-15-5-3-7-26(12-15)16-6-2-4-14(20)8-16/h2,4,6,8-11,15H,3,5,7,12H2,1H3,(H,21,24)(H,23,27). The van der Waals surface area contributed by atoms with Crippen LogP contribution in [0.25, 0.3) is 11.3 Å². The number of H-pyrrole nitrogens is 1. The van der Waals surface area contributed by atoms with Gasteiger partial charge in [-0.15, -0.1) is 0 Å². The van der Waals surface area contributed by atoms with Gasteiger partial charge in [-0.3, -0.25) is 14.6 Å². The van der Waals surface area contributed by atoms with Crippen molar-refractivity contribution in [3.05, 3.63) is 54.2 Å². The van der Waals surface area contributed by atoms with Gasteiger partial charge in [0, 0.05) is 43.6 Å². The van der Waals surface area contributed by atoms with Gasteiger partial charge in [0.15, 0.2) is 0 Å². The average Bonchev–Trinajstić information content (AvgIpc) is 3.30. The van der Waals surface area contributed by atoms with Crippen LogP contribution in [0.2, 0.25) is 0 Å². The Hall–Kier alpha value is -3.16. The van der Waals surface area contributed by atoms with Crippen LogP contribution in [-0.2, 0) is 7.05 Å². The fourth-order valence-corrected chi connectivity index (χ4v) is 3.49. The Balaban J connectivity index is 1.46. The zero-order chi connectivity index (χ0) is 18.8. The van der Waals surface area contributed by atoms with E-state index in [9.17, 15) is 9.18 Å². The highest BCUT2D eigenvalue weighted by molar-refractivity contribution is 5.99. The highest BCUT2D eigenvalue weighted by Crippen LogP contribution is 2.23. The lowest BCUT2D eigenvalue weighted by Crippen LogP contribution is -2.47. The number of aromatic amines is 1. The maximum absolute atomic E-state index is 13.5. The van der Waals surface area contributed by atoms with Gasteiger partial charge < -0.3 is 10.2 Å². The quantitative estimate of drug-likeness (QED) is 0.741. The fraction of sp³-hybridized carbons (Fsp3) is 0.316. The van der Waals surface area contributed by atoms with Crippen molar-refractivity contribution in [2.45, 2.75) is 18.9 Å². The van der Waals surface area contributed by atoms with Gasteiger partial charge in [0.05, 0.1) is 23.7 Å². The molecule has 4 rings (SSSR count). The van der Waals surface area contributed by atoms with E-state index in [1.165, 1.54) is 18.3 Å². The SMILES string of the molecule is Cn1cc(-c2[nH]ncc2C(=O)NC2CCCN(c3cccc(F)c3)C2)cn1. The summed E-state index contributed by atoms with van der Waals surface area (Å²) in [7, 11) is 1.82. The summed E-state index contributed by atoms with van der Waals surface area (Å²) in [5.41, 5.74) is 2.79. The van der Waals surface area contributed by atoms with Crippen molar-refractivity contribution in [1.29, 1.82) is 0 Å². The van der Waals surface area contributed by atoms with Gasteiger partial charge in [-0.1, -0.05) is 6.07 Å². The van der Waals surface area contributed by atoms with Crippen molar-refractivity contribution in [2.75, 3.05) is 18.0 Å². The number of benzene rings is 1. The van der Waals surface area contributed by atoms with Crippen LogP contribution in [-0.4, -0.2) is 45.0 Å². The third-order valence-corrected chi connectivity index (χ3v) is 4.81. The minimum absolute atomic E-state index is 0.00818. The molecule has 0 spiro atoms. The number of aryl methyl sites for hydroxylation is 1. The van der Waals surface area contributed by atoms with Crippen molar-refractivity contribution in [3.63, 3.8) is 0 Å². The maximum atomic E-state index is 13.5. The Bertz CT molecular complexity index is 949. The van der Waals surface area contributed by atoms with E-state index in [4.69, 9.17) is 0 Å². The number of anilines is 1. The van der Waals surface area contributed by atoms with Gasteiger partial charge in [-0.2, -0.15) is 10.2 Å². The summed E-state index contributed by atoms with van der Waals surface area (Å²) >= 11 is 0. The molecule has 8 heteroatoms. The number of carbonyl (C=O) groups is 1. The number of hydrogen-bond donors (Lipinski definition) is 2. The molecule has 1 unspecified atom stereocenters. The van der Waals surface area contributed by atoms with Crippen LogP contribution in [0, 0.1) is 5.82 Å². The molecule has 1 fully saturated rings. The van der Waals surface area contributed by atoms with E-state index in [0.717, 1.165) is 30.6 Å². The Kier molecular flexibility index (Phi) is 4.62. The van der Waals surface area contributed by atoms with Crippen LogP contribution in [0.3, 0.4) is 0 Å². The lowest BCUT2D eigenvalue weighted by Gasteiger charge is -2.34. The number of nitrogens with zero attached hydrogens (tertiary/aromatic N) is 4. The van der Waals surface area contributed by atoms with Crippen LogP contribution in [0.15, 0.2) is 42.9 Å². The molecule has 27 heavy (non-hydrogen) atoms. The van der Waals surface area contributed by atoms with Crippen molar-refractivity contribution in [1.82, 2.24) is 25.3 Å². The molecule has 1 saturated heterocycles. The fourth-order valence-electron chi connectivity index (χ4n) is 3.49. The number of halogens is 1. The largest absolute Gasteiger partial charge is 0.369 e. The molecule has 0 saturated carbocycles. The molecule has 0 radical (unpaired) electrons. The normalized spacial score (nSPS) is 17.1. The second kappa shape index (κ2) is 7.22. The first-order chi connectivity index (χ1) is 13.1. The van der Waals surface area contributed by atoms with E-state index in [-0.39, 0.29) is 17.8 Å². The van der Waals surface area contributed by atoms with E-state index >= 15 is 0 Å². The summed E-state index contributed by atoms with van der Waals surface area (Å²) in [6, 6.07) is 6.56. The molecule has 3 heterocycles.